The minimum absolute atomic E-state index is 0.154. The highest BCUT2D eigenvalue weighted by molar-refractivity contribution is 7.07. The van der Waals surface area contributed by atoms with Crippen LogP contribution in [0.3, 0.4) is 0 Å². The summed E-state index contributed by atoms with van der Waals surface area (Å²) < 4.78 is 9.94. The molecular formula is C23H23N5O2S. The second-order valence-electron chi connectivity index (χ2n) is 7.28. The van der Waals surface area contributed by atoms with E-state index in [1.807, 2.05) is 34.9 Å². The maximum atomic E-state index is 13.1. The number of methoxy groups -OCH3 is 1. The van der Waals surface area contributed by atoms with Crippen LogP contribution in [-0.2, 0) is 19.5 Å². The van der Waals surface area contributed by atoms with E-state index in [0.29, 0.717) is 27.1 Å². The van der Waals surface area contributed by atoms with E-state index in [1.165, 1.54) is 11.3 Å². The Morgan fingerprint density at radius 1 is 1.29 bits per heavy atom. The van der Waals surface area contributed by atoms with Gasteiger partial charge in [0.1, 0.15) is 27.9 Å². The predicted octanol–water partition coefficient (Wildman–Crippen LogP) is 1.97. The van der Waals surface area contributed by atoms with Gasteiger partial charge in [0.15, 0.2) is 5.82 Å². The Morgan fingerprint density at radius 2 is 2.10 bits per heavy atom. The van der Waals surface area contributed by atoms with Crippen LogP contribution in [0.15, 0.2) is 41.7 Å². The largest absolute Gasteiger partial charge is 0.497 e. The number of benzene rings is 1. The van der Waals surface area contributed by atoms with E-state index in [-0.39, 0.29) is 5.56 Å². The van der Waals surface area contributed by atoms with Gasteiger partial charge in [0.25, 0.3) is 5.56 Å². The number of hydrogen-bond acceptors (Lipinski definition) is 6. The van der Waals surface area contributed by atoms with Crippen LogP contribution in [0.2, 0.25) is 0 Å². The average Bonchev–Trinajstić information content (AvgIpc) is 3.21. The van der Waals surface area contributed by atoms with Crippen LogP contribution in [-0.4, -0.2) is 26.4 Å². The third kappa shape index (κ3) is 4.09. The van der Waals surface area contributed by atoms with Gasteiger partial charge in [0.05, 0.1) is 11.6 Å². The lowest BCUT2D eigenvalue weighted by Gasteiger charge is -2.06. The third-order valence-electron chi connectivity index (χ3n) is 5.29. The molecule has 7 nitrogen and oxygen atoms in total. The molecule has 3 aromatic rings. The maximum absolute atomic E-state index is 13.1. The summed E-state index contributed by atoms with van der Waals surface area (Å²) in [6.07, 6.45) is 7.57. The van der Waals surface area contributed by atoms with Crippen molar-refractivity contribution in [3.63, 3.8) is 0 Å². The molecule has 0 N–H and O–H groups in total. The molecule has 158 valence electrons. The molecule has 31 heavy (non-hydrogen) atoms. The Balaban J connectivity index is 1.94. The summed E-state index contributed by atoms with van der Waals surface area (Å²) in [4.78, 5) is 13.1. The summed E-state index contributed by atoms with van der Waals surface area (Å²) in [5.74, 6) is 2.19. The fraction of sp³-hybridized carbons (Fsp3) is 0.304. The van der Waals surface area contributed by atoms with Gasteiger partial charge < -0.3 is 9.30 Å². The van der Waals surface area contributed by atoms with Crippen LogP contribution in [0.5, 0.6) is 5.75 Å². The molecule has 1 aromatic carbocycles. The molecule has 0 saturated heterocycles. The van der Waals surface area contributed by atoms with E-state index >= 15 is 0 Å². The first-order chi connectivity index (χ1) is 15.2. The van der Waals surface area contributed by atoms with Gasteiger partial charge in [-0.2, -0.15) is 5.26 Å². The first kappa shape index (κ1) is 20.8. The van der Waals surface area contributed by atoms with Crippen LogP contribution >= 0.6 is 11.3 Å². The standard InChI is InChI=1S/C23H23N5O2S/c1-3-12-28-22(29)19(14-16-8-10-17(30-2)11-9-16)31-23(28)18(15-24)21-26-25-20-7-5-4-6-13-27(20)21/h3,8-11,14H,1,4-7,12-13H2,2H3/b19-14-,23-18-. The summed E-state index contributed by atoms with van der Waals surface area (Å²) in [5, 5.41) is 18.7. The topological polar surface area (TPSA) is 85.7 Å². The number of ether oxygens (including phenoxy) is 1. The first-order valence-electron chi connectivity index (χ1n) is 10.2. The zero-order chi connectivity index (χ0) is 21.8. The van der Waals surface area contributed by atoms with Crippen molar-refractivity contribution in [1.82, 2.24) is 19.3 Å². The van der Waals surface area contributed by atoms with Gasteiger partial charge in [-0.15, -0.1) is 28.1 Å². The number of aryl methyl sites for hydroxylation is 1. The normalized spacial score (nSPS) is 15.0. The fourth-order valence-corrected chi connectivity index (χ4v) is 4.82. The highest BCUT2D eigenvalue weighted by Gasteiger charge is 2.20. The van der Waals surface area contributed by atoms with Crippen LogP contribution < -0.4 is 19.5 Å². The number of fused-ring (bicyclic) bond motifs is 1. The zero-order valence-electron chi connectivity index (χ0n) is 17.4. The minimum atomic E-state index is -0.154. The molecule has 0 aliphatic carbocycles. The van der Waals surface area contributed by atoms with Gasteiger partial charge >= 0.3 is 0 Å². The summed E-state index contributed by atoms with van der Waals surface area (Å²) >= 11 is 1.29. The lowest BCUT2D eigenvalue weighted by atomic mass is 10.2. The van der Waals surface area contributed by atoms with Crippen molar-refractivity contribution >= 4 is 23.0 Å². The Labute approximate surface area is 183 Å². The monoisotopic (exact) mass is 433 g/mol. The molecule has 1 aliphatic rings. The van der Waals surface area contributed by atoms with Gasteiger partial charge in [-0.05, 0) is 36.6 Å². The van der Waals surface area contributed by atoms with Gasteiger partial charge in [-0.3, -0.25) is 9.36 Å². The van der Waals surface area contributed by atoms with E-state index in [2.05, 4.69) is 22.8 Å². The molecule has 0 atom stereocenters. The molecule has 4 rings (SSSR count). The fourth-order valence-electron chi connectivity index (χ4n) is 3.72. The summed E-state index contributed by atoms with van der Waals surface area (Å²) in [6.45, 7) is 4.87. The molecule has 0 saturated carbocycles. The van der Waals surface area contributed by atoms with Crippen molar-refractivity contribution in [2.24, 2.45) is 0 Å². The van der Waals surface area contributed by atoms with Gasteiger partial charge in [-0.25, -0.2) is 0 Å². The number of hydrogen-bond donors (Lipinski definition) is 0. The van der Waals surface area contributed by atoms with Gasteiger partial charge in [-0.1, -0.05) is 24.6 Å². The van der Waals surface area contributed by atoms with E-state index in [9.17, 15) is 10.1 Å². The highest BCUT2D eigenvalue weighted by atomic mass is 32.1. The lowest BCUT2D eigenvalue weighted by molar-refractivity contribution is 0.415. The molecule has 1 aliphatic heterocycles. The third-order valence-corrected chi connectivity index (χ3v) is 6.42. The van der Waals surface area contributed by atoms with E-state index < -0.39 is 0 Å². The maximum Gasteiger partial charge on any atom is 0.269 e. The summed E-state index contributed by atoms with van der Waals surface area (Å²) in [6, 6.07) is 9.77. The molecule has 0 fully saturated rings. The molecule has 0 amide bonds. The van der Waals surface area contributed by atoms with Crippen molar-refractivity contribution < 1.29 is 4.74 Å². The molecule has 0 unspecified atom stereocenters. The van der Waals surface area contributed by atoms with Gasteiger partial charge in [0.2, 0.25) is 0 Å². The smallest absolute Gasteiger partial charge is 0.269 e. The van der Waals surface area contributed by atoms with Crippen LogP contribution in [0.1, 0.15) is 36.5 Å². The second kappa shape index (κ2) is 9.14. The first-order valence-corrected chi connectivity index (χ1v) is 11.0. The van der Waals surface area contributed by atoms with E-state index in [0.717, 1.165) is 49.4 Å². The van der Waals surface area contributed by atoms with Crippen molar-refractivity contribution in [3.05, 3.63) is 73.7 Å². The van der Waals surface area contributed by atoms with Crippen LogP contribution in [0, 0.1) is 11.3 Å². The Hall–Kier alpha value is -3.44. The second-order valence-corrected chi connectivity index (χ2v) is 8.31. The van der Waals surface area contributed by atoms with Crippen LogP contribution in [0.4, 0.5) is 0 Å². The number of rotatable bonds is 5. The molecule has 0 spiro atoms. The Bertz CT molecular complexity index is 1320. The predicted molar refractivity (Wildman–Crippen MR) is 120 cm³/mol. The number of nitrogens with zero attached hydrogens (tertiary/aromatic N) is 5. The molecule has 2 aromatic heterocycles. The summed E-state index contributed by atoms with van der Waals surface area (Å²) in [7, 11) is 1.61. The minimum Gasteiger partial charge on any atom is -0.497 e. The van der Waals surface area contributed by atoms with Crippen molar-refractivity contribution in [1.29, 1.82) is 5.26 Å². The Morgan fingerprint density at radius 3 is 2.81 bits per heavy atom. The molecule has 3 heterocycles. The van der Waals surface area contributed by atoms with Crippen molar-refractivity contribution in [2.45, 2.75) is 38.8 Å². The zero-order valence-corrected chi connectivity index (χ0v) is 18.2. The van der Waals surface area contributed by atoms with Gasteiger partial charge in [0, 0.05) is 19.5 Å². The SMILES string of the molecule is C=CCn1c(=O)/c(=C/c2ccc(OC)cc2)s/c1=C(/C#N)c1nnc2n1CCCCC2. The number of allylic oxidation sites excluding steroid dienone is 1. The lowest BCUT2D eigenvalue weighted by Crippen LogP contribution is -2.32. The highest BCUT2D eigenvalue weighted by Crippen LogP contribution is 2.18. The van der Waals surface area contributed by atoms with Crippen molar-refractivity contribution in [3.8, 4) is 11.8 Å². The average molecular weight is 434 g/mol. The van der Waals surface area contributed by atoms with E-state index in [4.69, 9.17) is 4.74 Å². The quantitative estimate of drug-likeness (QED) is 0.575. The summed E-state index contributed by atoms with van der Waals surface area (Å²) in [5.41, 5.74) is 1.10. The molecule has 0 bridgehead atoms. The molecular weight excluding hydrogens is 410 g/mol. The molecule has 0 radical (unpaired) electrons. The number of thiazole rings is 1. The molecule has 8 heteroatoms. The Kier molecular flexibility index (Phi) is 6.14. The van der Waals surface area contributed by atoms with E-state index in [1.54, 1.807) is 17.8 Å². The van der Waals surface area contributed by atoms with Crippen LogP contribution in [0.25, 0.3) is 11.6 Å². The van der Waals surface area contributed by atoms with Crippen molar-refractivity contribution in [2.75, 3.05) is 7.11 Å². The number of aromatic nitrogens is 4. The number of nitriles is 1.